The van der Waals surface area contributed by atoms with Crippen molar-refractivity contribution >= 4 is 5.78 Å². The Labute approximate surface area is 119 Å². The summed E-state index contributed by atoms with van der Waals surface area (Å²) < 4.78 is 5.50. The first-order valence-corrected chi connectivity index (χ1v) is 6.94. The molecule has 3 heteroatoms. The van der Waals surface area contributed by atoms with Crippen LogP contribution in [0.3, 0.4) is 0 Å². The number of carbonyl (C=O) groups excluding carboxylic acids is 1. The van der Waals surface area contributed by atoms with E-state index in [0.29, 0.717) is 13.0 Å². The van der Waals surface area contributed by atoms with Gasteiger partial charge >= 0.3 is 0 Å². The van der Waals surface area contributed by atoms with E-state index < -0.39 is 0 Å². The lowest BCUT2D eigenvalue weighted by molar-refractivity contribution is 0.0983. The molecule has 2 rings (SSSR count). The van der Waals surface area contributed by atoms with Crippen molar-refractivity contribution in [1.82, 2.24) is 4.98 Å². The lowest BCUT2D eigenvalue weighted by atomic mass is 10.0. The minimum atomic E-state index is 0.149. The van der Waals surface area contributed by atoms with E-state index in [1.165, 1.54) is 0 Å². The Hall–Kier alpha value is -2.16. The minimum absolute atomic E-state index is 0.149. The number of Topliss-reactive ketones (excluding diaryl/α,β-unsaturated/α-hetero) is 1. The molecule has 2 aromatic rings. The molecule has 0 unspecified atom stereocenters. The number of pyridine rings is 1. The third-order valence-electron chi connectivity index (χ3n) is 3.01. The number of hydrogen-bond acceptors (Lipinski definition) is 3. The maximum absolute atomic E-state index is 12.1. The van der Waals surface area contributed by atoms with E-state index >= 15 is 0 Å². The highest BCUT2D eigenvalue weighted by Gasteiger charge is 2.06. The number of aryl methyl sites for hydroxylation is 1. The number of hydrogen-bond donors (Lipinski definition) is 0. The molecular formula is C17H19NO2. The fraction of sp³-hybridized carbons (Fsp3) is 0.294. The summed E-state index contributed by atoms with van der Waals surface area (Å²) in [5.74, 6) is 0.964. The number of carbonyl (C=O) groups is 1. The molecule has 0 aliphatic rings. The van der Waals surface area contributed by atoms with Gasteiger partial charge in [-0.3, -0.25) is 9.78 Å². The summed E-state index contributed by atoms with van der Waals surface area (Å²) in [6, 6.07) is 11.2. The summed E-state index contributed by atoms with van der Waals surface area (Å²) >= 11 is 0. The second-order valence-electron chi connectivity index (χ2n) is 4.66. The van der Waals surface area contributed by atoms with E-state index in [0.717, 1.165) is 29.7 Å². The molecule has 3 nitrogen and oxygen atoms in total. The number of benzene rings is 1. The fourth-order valence-corrected chi connectivity index (χ4v) is 1.91. The molecule has 0 aliphatic heterocycles. The van der Waals surface area contributed by atoms with Crippen LogP contribution in [0.4, 0.5) is 0 Å². The smallest absolute Gasteiger partial charge is 0.163 e. The second kappa shape index (κ2) is 7.43. The lowest BCUT2D eigenvalue weighted by Crippen LogP contribution is -2.02. The van der Waals surface area contributed by atoms with Crippen LogP contribution in [0, 0.1) is 0 Å². The summed E-state index contributed by atoms with van der Waals surface area (Å²) in [5, 5.41) is 0. The van der Waals surface area contributed by atoms with Gasteiger partial charge in [0.15, 0.2) is 5.78 Å². The van der Waals surface area contributed by atoms with Gasteiger partial charge in [-0.25, -0.2) is 0 Å². The lowest BCUT2D eigenvalue weighted by Gasteiger charge is -2.05. The molecule has 0 saturated carbocycles. The zero-order valence-corrected chi connectivity index (χ0v) is 11.7. The van der Waals surface area contributed by atoms with Crippen molar-refractivity contribution < 1.29 is 9.53 Å². The first-order chi connectivity index (χ1) is 9.79. The van der Waals surface area contributed by atoms with Gasteiger partial charge in [-0.1, -0.05) is 13.0 Å². The Morgan fingerprint density at radius 1 is 1.20 bits per heavy atom. The number of aromatic nitrogens is 1. The molecule has 0 amide bonds. The molecular weight excluding hydrogens is 250 g/mol. The maximum atomic E-state index is 12.1. The Morgan fingerprint density at radius 2 is 2.00 bits per heavy atom. The molecule has 20 heavy (non-hydrogen) atoms. The Balaban J connectivity index is 1.89. The molecule has 0 atom stereocenters. The monoisotopic (exact) mass is 269 g/mol. The molecule has 0 bridgehead atoms. The Bertz CT molecular complexity index is 535. The summed E-state index contributed by atoms with van der Waals surface area (Å²) in [7, 11) is 0. The summed E-state index contributed by atoms with van der Waals surface area (Å²) in [4.78, 5) is 16.1. The van der Waals surface area contributed by atoms with Crippen LogP contribution >= 0.6 is 0 Å². The van der Waals surface area contributed by atoms with Gasteiger partial charge in [0.1, 0.15) is 5.75 Å². The number of ether oxygens (including phenoxy) is 1. The Kier molecular flexibility index (Phi) is 5.30. The van der Waals surface area contributed by atoms with Gasteiger partial charge < -0.3 is 4.74 Å². The molecule has 0 saturated heterocycles. The highest BCUT2D eigenvalue weighted by molar-refractivity contribution is 5.96. The normalized spacial score (nSPS) is 10.2. The molecule has 0 spiro atoms. The average Bonchev–Trinajstić information content (AvgIpc) is 2.52. The summed E-state index contributed by atoms with van der Waals surface area (Å²) in [6.07, 6.45) is 5.74. The predicted molar refractivity (Wildman–Crippen MR) is 79.1 cm³/mol. The molecule has 1 aromatic heterocycles. The molecule has 1 aromatic carbocycles. The topological polar surface area (TPSA) is 39.2 Å². The maximum Gasteiger partial charge on any atom is 0.163 e. The van der Waals surface area contributed by atoms with Crippen LogP contribution < -0.4 is 4.74 Å². The van der Waals surface area contributed by atoms with Gasteiger partial charge in [-0.05, 0) is 48.7 Å². The number of nitrogens with zero attached hydrogens (tertiary/aromatic N) is 1. The van der Waals surface area contributed by atoms with Crippen LogP contribution in [0.2, 0.25) is 0 Å². The van der Waals surface area contributed by atoms with E-state index in [4.69, 9.17) is 4.74 Å². The predicted octanol–water partition coefficient (Wildman–Crippen LogP) is 3.69. The number of rotatable bonds is 7. The first-order valence-electron chi connectivity index (χ1n) is 6.94. The fourth-order valence-electron chi connectivity index (χ4n) is 1.91. The molecule has 0 fully saturated rings. The number of ketones is 1. The molecule has 1 heterocycles. The summed E-state index contributed by atoms with van der Waals surface area (Å²) in [6.45, 7) is 2.77. The van der Waals surface area contributed by atoms with Gasteiger partial charge in [0, 0.05) is 24.4 Å². The van der Waals surface area contributed by atoms with Gasteiger partial charge in [-0.15, -0.1) is 0 Å². The van der Waals surface area contributed by atoms with E-state index in [9.17, 15) is 4.79 Å². The van der Waals surface area contributed by atoms with Crippen LogP contribution in [0.25, 0.3) is 0 Å². The zero-order chi connectivity index (χ0) is 14.2. The van der Waals surface area contributed by atoms with Crippen LogP contribution in [0.1, 0.15) is 35.7 Å². The first kappa shape index (κ1) is 14.3. The summed E-state index contributed by atoms with van der Waals surface area (Å²) in [5.41, 5.74) is 1.82. The largest absolute Gasteiger partial charge is 0.494 e. The minimum Gasteiger partial charge on any atom is -0.494 e. The van der Waals surface area contributed by atoms with E-state index in [1.807, 2.05) is 36.4 Å². The highest BCUT2D eigenvalue weighted by atomic mass is 16.5. The van der Waals surface area contributed by atoms with Crippen molar-refractivity contribution in [2.75, 3.05) is 6.61 Å². The van der Waals surface area contributed by atoms with Crippen LogP contribution in [-0.4, -0.2) is 17.4 Å². The quantitative estimate of drug-likeness (QED) is 0.720. The van der Waals surface area contributed by atoms with Crippen LogP contribution in [-0.2, 0) is 6.42 Å². The second-order valence-corrected chi connectivity index (χ2v) is 4.66. The van der Waals surface area contributed by atoms with E-state index in [-0.39, 0.29) is 5.78 Å². The third kappa shape index (κ3) is 4.19. The van der Waals surface area contributed by atoms with Crippen molar-refractivity contribution in [2.45, 2.75) is 26.2 Å². The van der Waals surface area contributed by atoms with Crippen molar-refractivity contribution in [3.8, 4) is 5.75 Å². The van der Waals surface area contributed by atoms with Crippen LogP contribution in [0.5, 0.6) is 5.75 Å². The molecule has 0 radical (unpaired) electrons. The molecule has 0 aliphatic carbocycles. The standard InChI is InChI=1S/C17H19NO2/c1-2-12-20-16-8-6-15(7-9-16)17(19)10-5-14-4-3-11-18-13-14/h3-4,6-9,11,13H,2,5,10,12H2,1H3. The van der Waals surface area contributed by atoms with Crippen LogP contribution in [0.15, 0.2) is 48.8 Å². The highest BCUT2D eigenvalue weighted by Crippen LogP contribution is 2.14. The van der Waals surface area contributed by atoms with Gasteiger partial charge in [-0.2, -0.15) is 0 Å². The molecule has 0 N–H and O–H groups in total. The third-order valence-corrected chi connectivity index (χ3v) is 3.01. The van der Waals surface area contributed by atoms with Gasteiger partial charge in [0.2, 0.25) is 0 Å². The van der Waals surface area contributed by atoms with Crippen molar-refractivity contribution in [3.05, 3.63) is 59.9 Å². The average molecular weight is 269 g/mol. The zero-order valence-electron chi connectivity index (χ0n) is 11.7. The Morgan fingerprint density at radius 3 is 2.65 bits per heavy atom. The molecule has 104 valence electrons. The van der Waals surface area contributed by atoms with Gasteiger partial charge in [0.05, 0.1) is 6.61 Å². The van der Waals surface area contributed by atoms with E-state index in [2.05, 4.69) is 11.9 Å². The van der Waals surface area contributed by atoms with E-state index in [1.54, 1.807) is 12.4 Å². The van der Waals surface area contributed by atoms with Gasteiger partial charge in [0.25, 0.3) is 0 Å². The van der Waals surface area contributed by atoms with Crippen molar-refractivity contribution in [3.63, 3.8) is 0 Å². The van der Waals surface area contributed by atoms with Crippen molar-refractivity contribution in [2.24, 2.45) is 0 Å². The SMILES string of the molecule is CCCOc1ccc(C(=O)CCc2cccnc2)cc1. The van der Waals surface area contributed by atoms with Crippen molar-refractivity contribution in [1.29, 1.82) is 0 Å².